The van der Waals surface area contributed by atoms with Gasteiger partial charge in [-0.25, -0.2) is 0 Å². The lowest BCUT2D eigenvalue weighted by atomic mass is 9.77. The normalized spacial score (nSPS) is 23.8. The predicted molar refractivity (Wildman–Crippen MR) is 249 cm³/mol. The Morgan fingerprint density at radius 1 is 1.06 bits per heavy atom. The number of hydrogen-bond acceptors (Lipinski definition) is 10. The molecule has 2 fully saturated rings. The molecule has 2 aliphatic heterocycles. The molecule has 13 heteroatoms. The van der Waals surface area contributed by atoms with Gasteiger partial charge in [0.25, 0.3) is 0 Å². The zero-order chi connectivity index (χ0) is 44.4. The van der Waals surface area contributed by atoms with Crippen LogP contribution in [0.3, 0.4) is 0 Å². The Bertz CT molecular complexity index is 1620. The highest BCUT2D eigenvalue weighted by atomic mass is 16.5. The number of phenols is 1. The number of ether oxygens (including phenoxy) is 2. The molecule has 1 aromatic rings. The van der Waals surface area contributed by atoms with Crippen molar-refractivity contribution in [2.75, 3.05) is 46.5 Å². The van der Waals surface area contributed by atoms with Crippen LogP contribution < -0.4 is 26.8 Å². The first kappa shape index (κ1) is 49.7. The first-order chi connectivity index (χ1) is 30.0. The van der Waals surface area contributed by atoms with E-state index in [0.29, 0.717) is 66.4 Å². The molecule has 62 heavy (non-hydrogen) atoms. The molecule has 0 saturated heterocycles. The van der Waals surface area contributed by atoms with E-state index in [2.05, 4.69) is 28.6 Å². The Morgan fingerprint density at radius 3 is 2.66 bits per heavy atom. The third-order valence-corrected chi connectivity index (χ3v) is 13.7. The third kappa shape index (κ3) is 15.5. The fourth-order valence-electron chi connectivity index (χ4n) is 10.2. The first-order valence-corrected chi connectivity index (χ1v) is 23.9. The molecule has 9 atom stereocenters. The highest BCUT2D eigenvalue weighted by molar-refractivity contribution is 6.03. The summed E-state index contributed by atoms with van der Waals surface area (Å²) in [6.45, 7) is 6.33. The van der Waals surface area contributed by atoms with Crippen LogP contribution in [-0.2, 0) is 6.42 Å². The van der Waals surface area contributed by atoms with Crippen LogP contribution in [-0.4, -0.2) is 113 Å². The minimum Gasteiger partial charge on any atom is -0.504 e. The van der Waals surface area contributed by atoms with Crippen LogP contribution in [0.25, 0.3) is 0 Å². The van der Waals surface area contributed by atoms with Gasteiger partial charge in [0.1, 0.15) is 30.4 Å². The molecule has 13 nitrogen and oxygen atoms in total. The highest BCUT2D eigenvalue weighted by Gasteiger charge is 2.49. The van der Waals surface area contributed by atoms with E-state index in [9.17, 15) is 25.5 Å². The van der Waals surface area contributed by atoms with Crippen molar-refractivity contribution >= 4 is 11.7 Å². The summed E-state index contributed by atoms with van der Waals surface area (Å²) in [7, 11) is 1.69. The van der Waals surface area contributed by atoms with E-state index in [-0.39, 0.29) is 37.7 Å². The van der Waals surface area contributed by atoms with Gasteiger partial charge < -0.3 is 57.1 Å². The number of phenolic OH excluding ortho intramolecular Hbond substituents is 1. The number of aliphatic hydroxyl groups is 6. The molecule has 0 spiro atoms. The number of aliphatic hydroxyl groups excluding tert-OH is 4. The molecule has 0 bridgehead atoms. The van der Waals surface area contributed by atoms with Gasteiger partial charge in [-0.1, -0.05) is 51.5 Å². The van der Waals surface area contributed by atoms with Crippen molar-refractivity contribution in [1.82, 2.24) is 10.6 Å². The maximum absolute atomic E-state index is 11.3. The van der Waals surface area contributed by atoms with Gasteiger partial charge >= 0.3 is 0 Å². The van der Waals surface area contributed by atoms with Crippen LogP contribution in [0.5, 0.6) is 11.5 Å². The Kier molecular flexibility index (Phi) is 20.7. The SMILES string of the molecule is CN=C(N)NC[C@H](C)CCC[C@H](CCCCC1[OH+][C-](CCc2ccc(O)c(OC[C@H](O)C3=C[C+]4C(=N3)CC[C@H]3CCC[C@@H]3[C@@H]4CNC[C@H](C)O)c2)C=C1CO)C[C@H](N)CCCO. The average Bonchev–Trinajstić information content (AvgIpc) is 4.00. The Hall–Kier alpha value is -3.30. The van der Waals surface area contributed by atoms with Crippen molar-refractivity contribution in [1.29, 1.82) is 0 Å². The molecule has 1 aromatic carbocycles. The maximum atomic E-state index is 11.3. The van der Waals surface area contributed by atoms with Gasteiger partial charge in [-0.3, -0.25) is 4.99 Å². The van der Waals surface area contributed by atoms with Crippen molar-refractivity contribution in [3.8, 4) is 11.5 Å². The molecule has 0 amide bonds. The summed E-state index contributed by atoms with van der Waals surface area (Å²) in [5, 5.41) is 58.0. The minimum atomic E-state index is -0.939. The number of rotatable bonds is 28. The number of aryl methyl sites for hydroxylation is 1. The summed E-state index contributed by atoms with van der Waals surface area (Å²) in [6.07, 6.45) is 20.9. The Balaban J connectivity index is 1.07. The molecule has 0 radical (unpaired) electrons. The summed E-state index contributed by atoms with van der Waals surface area (Å²) in [4.78, 5) is 8.91. The second-order valence-corrected chi connectivity index (χ2v) is 18.8. The molecule has 2 aliphatic carbocycles. The largest absolute Gasteiger partial charge is 0.504 e. The van der Waals surface area contributed by atoms with Crippen molar-refractivity contribution < 1.29 is 35.0 Å². The van der Waals surface area contributed by atoms with Crippen LogP contribution in [0.2, 0.25) is 0 Å². The lowest BCUT2D eigenvalue weighted by molar-refractivity contribution is -0.0553. The number of unbranched alkanes of at least 4 members (excludes halogenated alkanes) is 1. The smallest absolute Gasteiger partial charge is 0.208 e. The van der Waals surface area contributed by atoms with E-state index in [1.165, 1.54) is 25.2 Å². The molecule has 12 N–H and O–H groups in total. The van der Waals surface area contributed by atoms with Crippen LogP contribution in [0.1, 0.15) is 122 Å². The van der Waals surface area contributed by atoms with Crippen molar-refractivity contribution in [3.63, 3.8) is 0 Å². The summed E-state index contributed by atoms with van der Waals surface area (Å²) >= 11 is 0. The number of fused-ring (bicyclic) bond motifs is 2. The number of nitrogens with two attached hydrogens (primary N) is 2. The first-order valence-electron chi connectivity index (χ1n) is 23.9. The number of hydrogen-bond donors (Lipinski definition) is 9. The van der Waals surface area contributed by atoms with Gasteiger partial charge in [-0.2, -0.15) is 0 Å². The molecular weight excluding hydrogens is 785 g/mol. The Labute approximate surface area is 371 Å². The van der Waals surface area contributed by atoms with E-state index < -0.39 is 12.2 Å². The summed E-state index contributed by atoms with van der Waals surface area (Å²) < 4.78 is 11.1. The second kappa shape index (κ2) is 25.9. The van der Waals surface area contributed by atoms with Gasteiger partial charge in [0.05, 0.1) is 18.1 Å². The topological polar surface area (TPSA) is 224 Å². The van der Waals surface area contributed by atoms with Crippen molar-refractivity contribution in [2.45, 2.75) is 147 Å². The lowest BCUT2D eigenvalue weighted by Crippen LogP contribution is -2.36. The predicted octanol–water partition coefficient (Wildman–Crippen LogP) is 5.14. The maximum Gasteiger partial charge on any atom is 0.208 e. The molecule has 5 rings (SSSR count). The molecule has 2 saturated carbocycles. The van der Waals surface area contributed by atoms with Crippen LogP contribution in [0, 0.1) is 41.6 Å². The molecule has 4 aliphatic rings. The number of aromatic hydroxyl groups is 1. The molecule has 1 unspecified atom stereocenters. The minimum absolute atomic E-state index is 0.00874. The van der Waals surface area contributed by atoms with Gasteiger partial charge in [0.2, 0.25) is 5.70 Å². The number of nitrogens with one attached hydrogen (secondary N) is 2. The monoisotopic (exact) mass is 866 g/mol. The summed E-state index contributed by atoms with van der Waals surface area (Å²) in [6, 6.07) is 5.47. The van der Waals surface area contributed by atoms with Crippen molar-refractivity contribution in [2.24, 2.45) is 51.0 Å². The molecule has 348 valence electrons. The lowest BCUT2D eigenvalue weighted by Gasteiger charge is -2.26. The zero-order valence-electron chi connectivity index (χ0n) is 38.0. The van der Waals surface area contributed by atoms with Crippen LogP contribution in [0.15, 0.2) is 51.6 Å². The number of aliphatic imine (C=N–C) groups is 2. The zero-order valence-corrected chi connectivity index (χ0v) is 38.0. The molecule has 0 aromatic heterocycles. The number of guanidine groups is 1. The molecular formula is C49H81N6O7+. The van der Waals surface area contributed by atoms with Gasteiger partial charge in [0, 0.05) is 58.8 Å². The second-order valence-electron chi connectivity index (χ2n) is 18.8. The highest BCUT2D eigenvalue weighted by Crippen LogP contribution is 2.48. The van der Waals surface area contributed by atoms with E-state index in [0.717, 1.165) is 113 Å². The third-order valence-electron chi connectivity index (χ3n) is 13.7. The fourth-order valence-corrected chi connectivity index (χ4v) is 10.2. The van der Waals surface area contributed by atoms with Crippen LogP contribution in [0.4, 0.5) is 0 Å². The number of nitrogens with zero attached hydrogens (tertiary/aromatic N) is 2. The quantitative estimate of drug-likeness (QED) is 0.0177. The van der Waals surface area contributed by atoms with Gasteiger partial charge in [0.15, 0.2) is 23.6 Å². The van der Waals surface area contributed by atoms with Crippen LogP contribution >= 0.6 is 0 Å². The Morgan fingerprint density at radius 2 is 1.89 bits per heavy atom. The summed E-state index contributed by atoms with van der Waals surface area (Å²) in [5.41, 5.74) is 15.9. The van der Waals surface area contributed by atoms with E-state index in [1.807, 2.05) is 18.2 Å². The standard InChI is InChI=1S/C49H80N6O7/c1-32(27-54-49(51)52-3)9-6-11-34(23-38(50)13-8-22-56)10-4-5-15-47-37(30-57)25-39(62-47)19-16-35-17-21-45(59)48(24-35)61-31-46(60)44-26-41-42(29-53-28-33(2)58)40-14-7-12-36(40)18-20-43(41)55-44/h17,21,24-26,32-34,36,38,40,42,46-47,53,56-58,60,62H,4-16,18-20,22-23,27-31,50H2,1-3H3,(H3-,51,52,54,59)/p+1/t32-,33+,34+,36-,38-,40+,42+,46+,47?/m1/s1. The average molecular weight is 866 g/mol. The van der Waals surface area contributed by atoms with E-state index in [4.69, 9.17) is 25.9 Å². The van der Waals surface area contributed by atoms with Gasteiger partial charge in [-0.15, -0.1) is 16.6 Å². The van der Waals surface area contributed by atoms with E-state index >= 15 is 0 Å². The van der Waals surface area contributed by atoms with Gasteiger partial charge in [-0.05, 0) is 106 Å². The number of allylic oxidation sites excluding steroid dienone is 1. The summed E-state index contributed by atoms with van der Waals surface area (Å²) in [5.74, 6) is 4.67. The fraction of sp³-hybridized carbons (Fsp3) is 0.714. The number of benzene rings is 1. The van der Waals surface area contributed by atoms with Crippen molar-refractivity contribution in [3.05, 3.63) is 59.2 Å². The molecule has 2 heterocycles. The van der Waals surface area contributed by atoms with E-state index in [1.54, 1.807) is 20.0 Å².